The molecule has 0 spiro atoms. The number of thioether (sulfide) groups is 1. The second-order valence-electron chi connectivity index (χ2n) is 3.32. The standard InChI is InChI=1S/C10H16N2O2S/c1-7(6-11)12(2)10(13)8-4-5-9(14-8)15-3/h4-5,7H,6,11H2,1-3H3. The van der Waals surface area contributed by atoms with Gasteiger partial charge < -0.3 is 15.1 Å². The molecule has 0 saturated heterocycles. The van der Waals surface area contributed by atoms with Crippen molar-refractivity contribution in [3.63, 3.8) is 0 Å². The van der Waals surface area contributed by atoms with E-state index >= 15 is 0 Å². The number of nitrogens with two attached hydrogens (primary N) is 1. The first-order valence-corrected chi connectivity index (χ1v) is 5.93. The molecule has 0 aromatic carbocycles. The van der Waals surface area contributed by atoms with Crippen LogP contribution in [-0.4, -0.2) is 36.7 Å². The molecule has 1 atom stereocenters. The Morgan fingerprint density at radius 1 is 1.67 bits per heavy atom. The lowest BCUT2D eigenvalue weighted by atomic mass is 10.3. The first-order chi connectivity index (χ1) is 7.10. The average Bonchev–Trinajstić information content (AvgIpc) is 2.74. The molecule has 0 aliphatic heterocycles. The van der Waals surface area contributed by atoms with Gasteiger partial charge in [0.1, 0.15) is 0 Å². The highest BCUT2D eigenvalue weighted by atomic mass is 32.2. The fourth-order valence-corrected chi connectivity index (χ4v) is 1.45. The van der Waals surface area contributed by atoms with Crippen molar-refractivity contribution < 1.29 is 9.21 Å². The van der Waals surface area contributed by atoms with Gasteiger partial charge in [-0.3, -0.25) is 4.79 Å². The molecule has 0 aliphatic carbocycles. The summed E-state index contributed by atoms with van der Waals surface area (Å²) in [6, 6.07) is 3.49. The largest absolute Gasteiger partial charge is 0.445 e. The normalized spacial score (nSPS) is 12.5. The number of furan rings is 1. The van der Waals surface area contributed by atoms with Crippen molar-refractivity contribution in [2.75, 3.05) is 19.8 Å². The van der Waals surface area contributed by atoms with Crippen molar-refractivity contribution in [1.29, 1.82) is 0 Å². The zero-order valence-corrected chi connectivity index (χ0v) is 10.0. The minimum Gasteiger partial charge on any atom is -0.445 e. The van der Waals surface area contributed by atoms with E-state index in [1.807, 2.05) is 13.2 Å². The Kier molecular flexibility index (Phi) is 4.23. The Morgan fingerprint density at radius 2 is 2.33 bits per heavy atom. The molecule has 0 bridgehead atoms. The third-order valence-electron chi connectivity index (χ3n) is 2.32. The molecule has 1 rings (SSSR count). The summed E-state index contributed by atoms with van der Waals surface area (Å²) in [5.41, 5.74) is 5.49. The van der Waals surface area contributed by atoms with E-state index in [4.69, 9.17) is 10.2 Å². The minimum atomic E-state index is -0.131. The summed E-state index contributed by atoms with van der Waals surface area (Å²) in [4.78, 5) is 13.4. The Hall–Kier alpha value is -0.940. The smallest absolute Gasteiger partial charge is 0.289 e. The molecule has 0 saturated carbocycles. The summed E-state index contributed by atoms with van der Waals surface area (Å²) < 4.78 is 5.34. The van der Waals surface area contributed by atoms with Crippen LogP contribution in [-0.2, 0) is 0 Å². The summed E-state index contributed by atoms with van der Waals surface area (Å²) in [6.45, 7) is 2.34. The highest BCUT2D eigenvalue weighted by molar-refractivity contribution is 7.98. The summed E-state index contributed by atoms with van der Waals surface area (Å²) >= 11 is 1.47. The second-order valence-corrected chi connectivity index (χ2v) is 4.13. The van der Waals surface area contributed by atoms with E-state index in [0.29, 0.717) is 12.3 Å². The number of hydrogen-bond donors (Lipinski definition) is 1. The topological polar surface area (TPSA) is 59.5 Å². The van der Waals surface area contributed by atoms with Crippen LogP contribution in [0.2, 0.25) is 0 Å². The van der Waals surface area contributed by atoms with Crippen LogP contribution in [0, 0.1) is 0 Å². The Morgan fingerprint density at radius 3 is 2.80 bits per heavy atom. The number of nitrogens with zero attached hydrogens (tertiary/aromatic N) is 1. The van der Waals surface area contributed by atoms with Gasteiger partial charge in [-0.05, 0) is 25.3 Å². The molecule has 15 heavy (non-hydrogen) atoms. The van der Waals surface area contributed by atoms with Gasteiger partial charge >= 0.3 is 0 Å². The Labute approximate surface area is 93.8 Å². The summed E-state index contributed by atoms with van der Waals surface area (Å²) in [6.07, 6.45) is 1.90. The molecule has 1 heterocycles. The lowest BCUT2D eigenvalue weighted by molar-refractivity contribution is 0.0711. The summed E-state index contributed by atoms with van der Waals surface area (Å²) in [5, 5.41) is 0.743. The van der Waals surface area contributed by atoms with Gasteiger partial charge in [-0.1, -0.05) is 11.8 Å². The van der Waals surface area contributed by atoms with Gasteiger partial charge in [-0.25, -0.2) is 0 Å². The maximum Gasteiger partial charge on any atom is 0.289 e. The van der Waals surface area contributed by atoms with Crippen molar-refractivity contribution in [3.8, 4) is 0 Å². The number of carbonyl (C=O) groups excluding carboxylic acids is 1. The molecule has 2 N–H and O–H groups in total. The third kappa shape index (κ3) is 2.76. The van der Waals surface area contributed by atoms with Crippen molar-refractivity contribution in [3.05, 3.63) is 17.9 Å². The lowest BCUT2D eigenvalue weighted by Gasteiger charge is -2.22. The van der Waals surface area contributed by atoms with Gasteiger partial charge in [0, 0.05) is 19.6 Å². The molecule has 1 amide bonds. The van der Waals surface area contributed by atoms with E-state index in [2.05, 4.69) is 0 Å². The van der Waals surface area contributed by atoms with E-state index in [1.54, 1.807) is 24.1 Å². The van der Waals surface area contributed by atoms with E-state index in [-0.39, 0.29) is 11.9 Å². The monoisotopic (exact) mass is 228 g/mol. The fourth-order valence-electron chi connectivity index (χ4n) is 1.08. The van der Waals surface area contributed by atoms with E-state index in [9.17, 15) is 4.79 Å². The van der Waals surface area contributed by atoms with Gasteiger partial charge in [-0.2, -0.15) is 0 Å². The predicted octanol–water partition coefficient (Wildman–Crippen LogP) is 1.42. The highest BCUT2D eigenvalue weighted by Gasteiger charge is 2.19. The summed E-state index contributed by atoms with van der Waals surface area (Å²) in [7, 11) is 1.72. The van der Waals surface area contributed by atoms with Gasteiger partial charge in [-0.15, -0.1) is 0 Å². The maximum atomic E-state index is 11.8. The molecular formula is C10H16N2O2S. The van der Waals surface area contributed by atoms with Crippen LogP contribution < -0.4 is 5.73 Å². The van der Waals surface area contributed by atoms with Crippen molar-refractivity contribution in [1.82, 2.24) is 4.90 Å². The molecular weight excluding hydrogens is 212 g/mol. The van der Waals surface area contributed by atoms with Crippen LogP contribution in [0.15, 0.2) is 21.6 Å². The van der Waals surface area contributed by atoms with E-state index < -0.39 is 0 Å². The minimum absolute atomic E-state index is 0.0142. The lowest BCUT2D eigenvalue weighted by Crippen LogP contribution is -2.39. The number of amides is 1. The number of rotatable bonds is 4. The summed E-state index contributed by atoms with van der Waals surface area (Å²) in [5.74, 6) is 0.232. The van der Waals surface area contributed by atoms with E-state index in [1.165, 1.54) is 11.8 Å². The third-order valence-corrected chi connectivity index (χ3v) is 2.94. The zero-order valence-electron chi connectivity index (χ0n) is 9.19. The quantitative estimate of drug-likeness (QED) is 0.792. The molecule has 1 aromatic rings. The molecule has 5 heteroatoms. The molecule has 0 radical (unpaired) electrons. The number of carbonyl (C=O) groups is 1. The van der Waals surface area contributed by atoms with E-state index in [0.717, 1.165) is 5.09 Å². The Bertz CT molecular complexity index is 338. The van der Waals surface area contributed by atoms with Crippen LogP contribution in [0.4, 0.5) is 0 Å². The molecule has 0 fully saturated rings. The molecule has 1 aromatic heterocycles. The predicted molar refractivity (Wildman–Crippen MR) is 61.1 cm³/mol. The number of hydrogen-bond acceptors (Lipinski definition) is 4. The van der Waals surface area contributed by atoms with Crippen LogP contribution >= 0.6 is 11.8 Å². The first kappa shape index (κ1) is 12.1. The second kappa shape index (κ2) is 5.23. The first-order valence-electron chi connectivity index (χ1n) is 4.71. The van der Waals surface area contributed by atoms with Gasteiger partial charge in [0.05, 0.1) is 0 Å². The average molecular weight is 228 g/mol. The van der Waals surface area contributed by atoms with Crippen LogP contribution in [0.5, 0.6) is 0 Å². The van der Waals surface area contributed by atoms with Gasteiger partial charge in [0.2, 0.25) is 0 Å². The molecule has 1 unspecified atom stereocenters. The highest BCUT2D eigenvalue weighted by Crippen LogP contribution is 2.19. The fraction of sp³-hybridized carbons (Fsp3) is 0.500. The van der Waals surface area contributed by atoms with Gasteiger partial charge in [0.25, 0.3) is 5.91 Å². The zero-order chi connectivity index (χ0) is 11.4. The van der Waals surface area contributed by atoms with Crippen molar-refractivity contribution in [2.24, 2.45) is 5.73 Å². The molecule has 0 aliphatic rings. The Balaban J connectivity index is 2.75. The van der Waals surface area contributed by atoms with Gasteiger partial charge in [0.15, 0.2) is 10.9 Å². The SMILES string of the molecule is CSc1ccc(C(=O)N(C)C(C)CN)o1. The van der Waals surface area contributed by atoms with Crippen molar-refractivity contribution >= 4 is 17.7 Å². The van der Waals surface area contributed by atoms with Crippen molar-refractivity contribution in [2.45, 2.75) is 18.1 Å². The van der Waals surface area contributed by atoms with Crippen LogP contribution in [0.3, 0.4) is 0 Å². The molecule has 84 valence electrons. The number of likely N-dealkylation sites (N-methyl/N-ethyl adjacent to an activating group) is 1. The van der Waals surface area contributed by atoms with Crippen LogP contribution in [0.25, 0.3) is 0 Å². The van der Waals surface area contributed by atoms with Crippen LogP contribution in [0.1, 0.15) is 17.5 Å². The molecule has 4 nitrogen and oxygen atoms in total. The maximum absolute atomic E-state index is 11.8.